The molecule has 0 spiro atoms. The minimum atomic E-state index is -3.10. The van der Waals surface area contributed by atoms with Gasteiger partial charge in [-0.15, -0.1) is 5.10 Å². The molecule has 18 heavy (non-hydrogen) atoms. The number of hydrogen-bond donors (Lipinski definition) is 1. The zero-order valence-electron chi connectivity index (χ0n) is 10.2. The van der Waals surface area contributed by atoms with Gasteiger partial charge >= 0.3 is 5.97 Å². The Hall–Kier alpha value is -1.44. The Labute approximate surface area is 106 Å². The average molecular weight is 275 g/mol. The molecule has 0 atom stereocenters. The molecular weight excluding hydrogens is 258 g/mol. The SMILES string of the molecule is CCCCCS(=O)(=O)CCn1cc(C(=O)O)nn1. The lowest BCUT2D eigenvalue weighted by molar-refractivity contribution is 0.0690. The molecule has 0 aliphatic carbocycles. The Kier molecular flexibility index (Phi) is 5.26. The summed E-state index contributed by atoms with van der Waals surface area (Å²) in [5, 5.41) is 15.6. The molecular formula is C10H17N3O4S. The molecule has 7 nitrogen and oxygen atoms in total. The lowest BCUT2D eigenvalue weighted by Gasteiger charge is -2.03. The molecule has 0 aromatic carbocycles. The van der Waals surface area contributed by atoms with E-state index in [2.05, 4.69) is 10.3 Å². The van der Waals surface area contributed by atoms with Crippen molar-refractivity contribution in [1.29, 1.82) is 0 Å². The maximum absolute atomic E-state index is 11.6. The number of aromatic carboxylic acids is 1. The van der Waals surface area contributed by atoms with Crippen LogP contribution in [0.3, 0.4) is 0 Å². The van der Waals surface area contributed by atoms with Crippen molar-refractivity contribution in [3.05, 3.63) is 11.9 Å². The van der Waals surface area contributed by atoms with Crippen LogP contribution < -0.4 is 0 Å². The fraction of sp³-hybridized carbons (Fsp3) is 0.700. The largest absolute Gasteiger partial charge is 0.476 e. The summed E-state index contributed by atoms with van der Waals surface area (Å²) in [6, 6.07) is 0. The summed E-state index contributed by atoms with van der Waals surface area (Å²) in [5.74, 6) is -1.05. The summed E-state index contributed by atoms with van der Waals surface area (Å²) in [6.45, 7) is 2.14. The van der Waals surface area contributed by atoms with E-state index in [4.69, 9.17) is 5.11 Å². The van der Waals surface area contributed by atoms with Crippen LogP contribution in [-0.2, 0) is 16.4 Å². The highest BCUT2D eigenvalue weighted by molar-refractivity contribution is 7.91. The third kappa shape index (κ3) is 4.82. The van der Waals surface area contributed by atoms with E-state index in [-0.39, 0.29) is 23.7 Å². The first-order valence-corrected chi connectivity index (χ1v) is 7.60. The molecule has 1 aromatic heterocycles. The quantitative estimate of drug-likeness (QED) is 0.696. The lowest BCUT2D eigenvalue weighted by Crippen LogP contribution is -2.16. The third-order valence-corrected chi connectivity index (χ3v) is 4.16. The third-order valence-electron chi connectivity index (χ3n) is 2.45. The standard InChI is InChI=1S/C10H17N3O4S/c1-2-3-4-6-18(16,17)7-5-13-8-9(10(14)15)11-12-13/h8H,2-7H2,1H3,(H,14,15). The molecule has 0 amide bonds. The highest BCUT2D eigenvalue weighted by Crippen LogP contribution is 2.01. The molecule has 0 saturated heterocycles. The minimum absolute atomic E-state index is 0.0425. The number of sulfone groups is 1. The van der Waals surface area contributed by atoms with Crippen LogP contribution >= 0.6 is 0 Å². The van der Waals surface area contributed by atoms with Gasteiger partial charge in [0.05, 0.1) is 24.2 Å². The number of rotatable bonds is 8. The number of unbranched alkanes of at least 4 members (excludes halogenated alkanes) is 2. The normalized spacial score (nSPS) is 11.6. The van der Waals surface area contributed by atoms with Crippen LogP contribution in [0.15, 0.2) is 6.20 Å². The fourth-order valence-corrected chi connectivity index (χ4v) is 2.73. The molecule has 1 heterocycles. The first-order valence-electron chi connectivity index (χ1n) is 5.78. The van der Waals surface area contributed by atoms with Gasteiger partial charge in [0.2, 0.25) is 0 Å². The van der Waals surface area contributed by atoms with E-state index in [1.165, 1.54) is 10.9 Å². The van der Waals surface area contributed by atoms with Gasteiger partial charge in [-0.2, -0.15) is 0 Å². The molecule has 0 radical (unpaired) electrons. The van der Waals surface area contributed by atoms with Crippen molar-refractivity contribution in [1.82, 2.24) is 15.0 Å². The molecule has 102 valence electrons. The van der Waals surface area contributed by atoms with Crippen molar-refractivity contribution in [2.24, 2.45) is 0 Å². The second-order valence-electron chi connectivity index (χ2n) is 4.03. The van der Waals surface area contributed by atoms with Crippen molar-refractivity contribution >= 4 is 15.8 Å². The average Bonchev–Trinajstić information content (AvgIpc) is 2.75. The van der Waals surface area contributed by atoms with Gasteiger partial charge in [-0.1, -0.05) is 25.0 Å². The Balaban J connectivity index is 2.46. The molecule has 1 N–H and O–H groups in total. The van der Waals surface area contributed by atoms with Gasteiger partial charge in [0.15, 0.2) is 15.5 Å². The second kappa shape index (κ2) is 6.48. The number of carboxylic acid groups (broad SMARTS) is 1. The molecule has 1 aromatic rings. The molecule has 0 bridgehead atoms. The molecule has 1 rings (SSSR count). The number of hydrogen-bond acceptors (Lipinski definition) is 5. The first kappa shape index (κ1) is 14.6. The fourth-order valence-electron chi connectivity index (χ4n) is 1.41. The summed E-state index contributed by atoms with van der Waals surface area (Å²) in [7, 11) is -3.10. The number of carboxylic acids is 1. The molecule has 0 saturated carbocycles. The first-order chi connectivity index (χ1) is 8.44. The molecule has 0 aliphatic heterocycles. The lowest BCUT2D eigenvalue weighted by atomic mass is 10.3. The number of nitrogens with zero attached hydrogens (tertiary/aromatic N) is 3. The van der Waals surface area contributed by atoms with Crippen LogP contribution in [0.2, 0.25) is 0 Å². The van der Waals surface area contributed by atoms with E-state index in [0.29, 0.717) is 6.42 Å². The van der Waals surface area contributed by atoms with E-state index in [9.17, 15) is 13.2 Å². The van der Waals surface area contributed by atoms with E-state index >= 15 is 0 Å². The van der Waals surface area contributed by atoms with Crippen LogP contribution in [-0.4, -0.2) is 46.0 Å². The van der Waals surface area contributed by atoms with Crippen LogP contribution in [0.25, 0.3) is 0 Å². The van der Waals surface area contributed by atoms with Crippen LogP contribution in [0.5, 0.6) is 0 Å². The molecule has 0 fully saturated rings. The monoisotopic (exact) mass is 275 g/mol. The Morgan fingerprint density at radius 1 is 1.39 bits per heavy atom. The Bertz CT molecular complexity index is 495. The van der Waals surface area contributed by atoms with Crippen LogP contribution in [0, 0.1) is 0 Å². The summed E-state index contributed by atoms with van der Waals surface area (Å²) in [6.07, 6.45) is 3.76. The number of aromatic nitrogens is 3. The molecule has 0 unspecified atom stereocenters. The van der Waals surface area contributed by atoms with Crippen molar-refractivity contribution < 1.29 is 18.3 Å². The van der Waals surface area contributed by atoms with Gasteiger partial charge in [0.25, 0.3) is 0 Å². The smallest absolute Gasteiger partial charge is 0.358 e. The zero-order chi connectivity index (χ0) is 13.6. The zero-order valence-corrected chi connectivity index (χ0v) is 11.1. The summed E-state index contributed by atoms with van der Waals surface area (Å²) >= 11 is 0. The summed E-state index contributed by atoms with van der Waals surface area (Å²) in [5.41, 5.74) is -0.182. The van der Waals surface area contributed by atoms with Gasteiger partial charge in [0, 0.05) is 0 Å². The Morgan fingerprint density at radius 2 is 2.11 bits per heavy atom. The van der Waals surface area contributed by atoms with E-state index in [1.807, 2.05) is 6.92 Å². The van der Waals surface area contributed by atoms with Crippen molar-refractivity contribution in [2.75, 3.05) is 11.5 Å². The van der Waals surface area contributed by atoms with Gasteiger partial charge in [-0.25, -0.2) is 13.2 Å². The maximum Gasteiger partial charge on any atom is 0.358 e. The van der Waals surface area contributed by atoms with Crippen molar-refractivity contribution in [3.8, 4) is 0 Å². The Morgan fingerprint density at radius 3 is 2.67 bits per heavy atom. The highest BCUT2D eigenvalue weighted by Gasteiger charge is 2.13. The van der Waals surface area contributed by atoms with Gasteiger partial charge < -0.3 is 5.11 Å². The summed E-state index contributed by atoms with van der Waals surface area (Å²) in [4.78, 5) is 10.6. The number of aryl methyl sites for hydroxylation is 1. The predicted molar refractivity (Wildman–Crippen MR) is 65.2 cm³/mol. The van der Waals surface area contributed by atoms with Gasteiger partial charge in [-0.05, 0) is 6.42 Å². The predicted octanol–water partition coefficient (Wildman–Crippen LogP) is 0.581. The minimum Gasteiger partial charge on any atom is -0.476 e. The van der Waals surface area contributed by atoms with E-state index in [1.54, 1.807) is 0 Å². The topological polar surface area (TPSA) is 102 Å². The van der Waals surface area contributed by atoms with E-state index in [0.717, 1.165) is 12.8 Å². The van der Waals surface area contributed by atoms with E-state index < -0.39 is 15.8 Å². The molecule has 0 aliphatic rings. The van der Waals surface area contributed by atoms with Gasteiger partial charge in [-0.3, -0.25) is 4.68 Å². The van der Waals surface area contributed by atoms with Crippen molar-refractivity contribution in [3.63, 3.8) is 0 Å². The molecule has 8 heteroatoms. The number of carbonyl (C=O) groups is 1. The van der Waals surface area contributed by atoms with Crippen molar-refractivity contribution in [2.45, 2.75) is 32.7 Å². The van der Waals surface area contributed by atoms with Crippen LogP contribution in [0.1, 0.15) is 36.7 Å². The van der Waals surface area contributed by atoms with Gasteiger partial charge in [0.1, 0.15) is 0 Å². The maximum atomic E-state index is 11.6. The van der Waals surface area contributed by atoms with Crippen LogP contribution in [0.4, 0.5) is 0 Å². The highest BCUT2D eigenvalue weighted by atomic mass is 32.2. The summed E-state index contributed by atoms with van der Waals surface area (Å²) < 4.78 is 24.5. The second-order valence-corrected chi connectivity index (χ2v) is 6.33.